The lowest BCUT2D eigenvalue weighted by Crippen LogP contribution is -2.18. The van der Waals surface area contributed by atoms with Crippen molar-refractivity contribution in [3.63, 3.8) is 0 Å². The molecule has 144 valence electrons. The molecule has 1 atom stereocenters. The Morgan fingerprint density at radius 3 is 2.29 bits per heavy atom. The number of carbonyl (C=O) groups is 1. The molecule has 0 aliphatic heterocycles. The van der Waals surface area contributed by atoms with Crippen LogP contribution in [0.3, 0.4) is 0 Å². The highest BCUT2D eigenvalue weighted by atomic mass is 32.2. The molecular weight excluding hydrogens is 366 g/mol. The van der Waals surface area contributed by atoms with Gasteiger partial charge in [0.2, 0.25) is 0 Å². The number of hydrogen-bond donors (Lipinski definition) is 0. The molecule has 2 aromatic carbocycles. The van der Waals surface area contributed by atoms with E-state index in [1.807, 2.05) is 55.5 Å². The van der Waals surface area contributed by atoms with Crippen LogP contribution in [0, 0.1) is 0 Å². The van der Waals surface area contributed by atoms with Crippen LogP contribution in [0.25, 0.3) is 11.4 Å². The Balaban J connectivity index is 1.65. The SMILES string of the molecule is CC(Sc1nnc(-c2ccccc2)n1C1CCCCC1)C(=O)c1ccccc1. The molecule has 1 aliphatic carbocycles. The summed E-state index contributed by atoms with van der Waals surface area (Å²) >= 11 is 1.52. The minimum Gasteiger partial charge on any atom is -0.299 e. The van der Waals surface area contributed by atoms with Gasteiger partial charge < -0.3 is 0 Å². The highest BCUT2D eigenvalue weighted by Gasteiger charge is 2.26. The van der Waals surface area contributed by atoms with Crippen LogP contribution in [-0.2, 0) is 0 Å². The van der Waals surface area contributed by atoms with Crippen molar-refractivity contribution in [1.82, 2.24) is 14.8 Å². The molecule has 0 N–H and O–H groups in total. The van der Waals surface area contributed by atoms with Gasteiger partial charge in [-0.1, -0.05) is 91.7 Å². The van der Waals surface area contributed by atoms with Crippen molar-refractivity contribution in [3.05, 3.63) is 66.2 Å². The fraction of sp³-hybridized carbons (Fsp3) is 0.348. The molecule has 0 bridgehead atoms. The lowest BCUT2D eigenvalue weighted by Gasteiger charge is -2.26. The number of Topliss-reactive ketones (excluding diaryl/α,β-unsaturated/α-hetero) is 1. The number of nitrogens with zero attached hydrogens (tertiary/aromatic N) is 3. The summed E-state index contributed by atoms with van der Waals surface area (Å²) < 4.78 is 2.29. The smallest absolute Gasteiger partial charge is 0.192 e. The number of aromatic nitrogens is 3. The van der Waals surface area contributed by atoms with E-state index in [9.17, 15) is 4.79 Å². The number of carbonyl (C=O) groups excluding carboxylic acids is 1. The predicted molar refractivity (Wildman–Crippen MR) is 114 cm³/mol. The Labute approximate surface area is 170 Å². The molecule has 0 radical (unpaired) electrons. The summed E-state index contributed by atoms with van der Waals surface area (Å²) in [5, 5.41) is 9.67. The van der Waals surface area contributed by atoms with Gasteiger partial charge in [0, 0.05) is 17.2 Å². The van der Waals surface area contributed by atoms with Crippen LogP contribution in [0.4, 0.5) is 0 Å². The van der Waals surface area contributed by atoms with E-state index in [0.717, 1.165) is 34.9 Å². The van der Waals surface area contributed by atoms with E-state index >= 15 is 0 Å². The first-order valence-corrected chi connectivity index (χ1v) is 10.9. The lowest BCUT2D eigenvalue weighted by molar-refractivity contribution is 0.0994. The van der Waals surface area contributed by atoms with Crippen LogP contribution in [0.5, 0.6) is 0 Å². The Hall–Kier alpha value is -2.40. The van der Waals surface area contributed by atoms with Gasteiger partial charge in [0.25, 0.3) is 0 Å². The van der Waals surface area contributed by atoms with E-state index in [4.69, 9.17) is 0 Å². The molecule has 0 saturated heterocycles. The minimum atomic E-state index is -0.211. The Morgan fingerprint density at radius 1 is 0.964 bits per heavy atom. The number of ketones is 1. The third-order valence-electron chi connectivity index (χ3n) is 5.35. The zero-order chi connectivity index (χ0) is 19.3. The quantitative estimate of drug-likeness (QED) is 0.393. The van der Waals surface area contributed by atoms with E-state index in [0.29, 0.717) is 6.04 Å². The lowest BCUT2D eigenvalue weighted by atomic mass is 9.95. The molecule has 0 spiro atoms. The highest BCUT2D eigenvalue weighted by Crippen LogP contribution is 2.37. The van der Waals surface area contributed by atoms with Gasteiger partial charge in [-0.25, -0.2) is 0 Å². The monoisotopic (exact) mass is 391 g/mol. The summed E-state index contributed by atoms with van der Waals surface area (Å²) in [6.07, 6.45) is 6.06. The van der Waals surface area contributed by atoms with Gasteiger partial charge in [0.1, 0.15) is 0 Å². The van der Waals surface area contributed by atoms with E-state index in [2.05, 4.69) is 26.9 Å². The van der Waals surface area contributed by atoms with Gasteiger partial charge in [0.15, 0.2) is 16.8 Å². The molecule has 3 aromatic rings. The Bertz CT molecular complexity index is 918. The summed E-state index contributed by atoms with van der Waals surface area (Å²) in [6.45, 7) is 1.96. The van der Waals surface area contributed by atoms with Crippen LogP contribution >= 0.6 is 11.8 Å². The molecular formula is C23H25N3OS. The topological polar surface area (TPSA) is 47.8 Å². The van der Waals surface area contributed by atoms with E-state index < -0.39 is 0 Å². The van der Waals surface area contributed by atoms with Crippen molar-refractivity contribution in [2.45, 2.75) is 55.5 Å². The maximum Gasteiger partial charge on any atom is 0.192 e. The molecule has 1 unspecified atom stereocenters. The second kappa shape index (κ2) is 8.74. The number of rotatable bonds is 6. The summed E-state index contributed by atoms with van der Waals surface area (Å²) in [4.78, 5) is 12.8. The minimum absolute atomic E-state index is 0.130. The van der Waals surface area contributed by atoms with Crippen LogP contribution < -0.4 is 0 Å². The van der Waals surface area contributed by atoms with Gasteiger partial charge in [-0.3, -0.25) is 9.36 Å². The molecule has 1 saturated carbocycles. The van der Waals surface area contributed by atoms with E-state index in [1.165, 1.54) is 31.0 Å². The summed E-state index contributed by atoms with van der Waals surface area (Å²) in [5.74, 6) is 1.04. The molecule has 1 aromatic heterocycles. The van der Waals surface area contributed by atoms with E-state index in [1.54, 1.807) is 0 Å². The number of benzene rings is 2. The van der Waals surface area contributed by atoms with Crippen molar-refractivity contribution in [2.75, 3.05) is 0 Å². The summed E-state index contributed by atoms with van der Waals surface area (Å²) in [7, 11) is 0. The van der Waals surface area contributed by atoms with Gasteiger partial charge in [-0.05, 0) is 19.8 Å². The van der Waals surface area contributed by atoms with Gasteiger partial charge in [-0.15, -0.1) is 10.2 Å². The average molecular weight is 392 g/mol. The normalized spacial score (nSPS) is 16.0. The largest absolute Gasteiger partial charge is 0.299 e. The number of thioether (sulfide) groups is 1. The standard InChI is InChI=1S/C23H25N3OS/c1-17(21(27)18-11-5-2-6-12-18)28-23-25-24-22(19-13-7-3-8-14-19)26(23)20-15-9-4-10-16-20/h2-3,5-8,11-14,17,20H,4,9-10,15-16H2,1H3. The first-order valence-electron chi connectivity index (χ1n) is 10.0. The van der Waals surface area contributed by atoms with E-state index in [-0.39, 0.29) is 11.0 Å². The van der Waals surface area contributed by atoms with Gasteiger partial charge in [-0.2, -0.15) is 0 Å². The zero-order valence-electron chi connectivity index (χ0n) is 16.1. The Morgan fingerprint density at radius 2 is 1.61 bits per heavy atom. The van der Waals surface area contributed by atoms with Crippen molar-refractivity contribution >= 4 is 17.5 Å². The maximum atomic E-state index is 12.8. The molecule has 28 heavy (non-hydrogen) atoms. The van der Waals surface area contributed by atoms with Crippen molar-refractivity contribution in [3.8, 4) is 11.4 Å². The first kappa shape index (κ1) is 18.9. The van der Waals surface area contributed by atoms with Gasteiger partial charge >= 0.3 is 0 Å². The second-order valence-electron chi connectivity index (χ2n) is 7.32. The molecule has 4 rings (SSSR count). The zero-order valence-corrected chi connectivity index (χ0v) is 16.9. The third kappa shape index (κ3) is 4.04. The highest BCUT2D eigenvalue weighted by molar-refractivity contribution is 8.00. The second-order valence-corrected chi connectivity index (χ2v) is 8.63. The number of hydrogen-bond acceptors (Lipinski definition) is 4. The maximum absolute atomic E-state index is 12.8. The third-order valence-corrected chi connectivity index (χ3v) is 6.40. The Kier molecular flexibility index (Phi) is 5.91. The van der Waals surface area contributed by atoms with Crippen molar-refractivity contribution < 1.29 is 4.79 Å². The van der Waals surface area contributed by atoms with Gasteiger partial charge in [0.05, 0.1) is 5.25 Å². The van der Waals surface area contributed by atoms with Crippen molar-refractivity contribution in [1.29, 1.82) is 0 Å². The fourth-order valence-corrected chi connectivity index (χ4v) is 4.86. The van der Waals surface area contributed by atoms with Crippen LogP contribution in [0.15, 0.2) is 65.8 Å². The first-order chi connectivity index (χ1) is 13.7. The fourth-order valence-electron chi connectivity index (χ4n) is 3.86. The summed E-state index contributed by atoms with van der Waals surface area (Å²) in [5.41, 5.74) is 1.82. The summed E-state index contributed by atoms with van der Waals surface area (Å²) in [6, 6.07) is 20.1. The average Bonchev–Trinajstić information content (AvgIpc) is 3.18. The van der Waals surface area contributed by atoms with Crippen LogP contribution in [0.2, 0.25) is 0 Å². The van der Waals surface area contributed by atoms with Crippen LogP contribution in [0.1, 0.15) is 55.4 Å². The molecule has 1 aliphatic rings. The molecule has 0 amide bonds. The van der Waals surface area contributed by atoms with Crippen LogP contribution in [-0.4, -0.2) is 25.8 Å². The molecule has 1 fully saturated rings. The predicted octanol–water partition coefficient (Wildman–Crippen LogP) is 5.81. The molecule has 4 nitrogen and oxygen atoms in total. The van der Waals surface area contributed by atoms with Crippen molar-refractivity contribution in [2.24, 2.45) is 0 Å². The molecule has 1 heterocycles. The molecule has 5 heteroatoms.